The van der Waals surface area contributed by atoms with E-state index in [9.17, 15) is 0 Å². The molecule has 1 atom stereocenters. The first kappa shape index (κ1) is 14.5. The van der Waals surface area contributed by atoms with E-state index in [4.69, 9.17) is 17.4 Å². The summed E-state index contributed by atoms with van der Waals surface area (Å²) in [7, 11) is 0. The number of pyridine rings is 1. The van der Waals surface area contributed by atoms with Gasteiger partial charge in [0.15, 0.2) is 0 Å². The number of hydrogen-bond acceptors (Lipinski definition) is 3. The predicted octanol–water partition coefficient (Wildman–Crippen LogP) is 4.20. The molecule has 0 fully saturated rings. The highest BCUT2D eigenvalue weighted by atomic mass is 79.9. The molecule has 3 nitrogen and oxygen atoms in total. The van der Waals surface area contributed by atoms with Crippen molar-refractivity contribution in [3.63, 3.8) is 0 Å². The van der Waals surface area contributed by atoms with Crippen LogP contribution in [0.5, 0.6) is 0 Å². The quantitative estimate of drug-likeness (QED) is 0.542. The molecule has 3 aromatic rings. The summed E-state index contributed by atoms with van der Waals surface area (Å²) in [6.45, 7) is 0. The zero-order chi connectivity index (χ0) is 14.8. The Kier molecular flexibility index (Phi) is 4.22. The molecule has 0 saturated heterocycles. The van der Waals surface area contributed by atoms with E-state index in [-0.39, 0.29) is 6.04 Å². The van der Waals surface area contributed by atoms with Gasteiger partial charge in [0, 0.05) is 21.1 Å². The smallest absolute Gasteiger partial charge is 0.0739 e. The van der Waals surface area contributed by atoms with E-state index in [0.717, 1.165) is 26.5 Å². The van der Waals surface area contributed by atoms with Gasteiger partial charge in [-0.1, -0.05) is 51.8 Å². The maximum atomic E-state index is 6.33. The average molecular weight is 363 g/mol. The molecule has 0 amide bonds. The van der Waals surface area contributed by atoms with Gasteiger partial charge in [-0.3, -0.25) is 10.8 Å². The highest BCUT2D eigenvalue weighted by molar-refractivity contribution is 9.10. The molecule has 1 aromatic heterocycles. The number of nitrogens with two attached hydrogens (primary N) is 1. The number of halogens is 2. The molecule has 1 heterocycles. The Balaban J connectivity index is 2.09. The Labute approximate surface area is 136 Å². The number of benzene rings is 2. The van der Waals surface area contributed by atoms with Crippen LogP contribution in [-0.4, -0.2) is 4.98 Å². The standard InChI is InChI=1S/C16H13BrClN3/c17-12-5-6-13(14(18)8-12)16(21-19)11-7-10-3-1-2-4-15(10)20-9-11/h1-9,16,21H,19H2. The van der Waals surface area contributed by atoms with Gasteiger partial charge in [0.2, 0.25) is 0 Å². The molecule has 1 unspecified atom stereocenters. The van der Waals surface area contributed by atoms with Crippen LogP contribution in [0.15, 0.2) is 59.2 Å². The first-order valence-electron chi connectivity index (χ1n) is 6.45. The number of aromatic nitrogens is 1. The lowest BCUT2D eigenvalue weighted by Crippen LogP contribution is -2.29. The van der Waals surface area contributed by atoms with E-state index in [1.807, 2.05) is 48.7 Å². The van der Waals surface area contributed by atoms with Crippen molar-refractivity contribution in [2.45, 2.75) is 6.04 Å². The lowest BCUT2D eigenvalue weighted by atomic mass is 9.99. The van der Waals surface area contributed by atoms with Crippen molar-refractivity contribution in [2.24, 2.45) is 5.84 Å². The first-order chi connectivity index (χ1) is 10.2. The van der Waals surface area contributed by atoms with Crippen molar-refractivity contribution >= 4 is 38.4 Å². The van der Waals surface area contributed by atoms with Gasteiger partial charge >= 0.3 is 0 Å². The summed E-state index contributed by atoms with van der Waals surface area (Å²) in [6, 6.07) is 15.6. The van der Waals surface area contributed by atoms with E-state index in [0.29, 0.717) is 5.02 Å². The maximum absolute atomic E-state index is 6.33. The van der Waals surface area contributed by atoms with Gasteiger partial charge in [0.05, 0.1) is 11.6 Å². The van der Waals surface area contributed by atoms with Crippen LogP contribution in [0.4, 0.5) is 0 Å². The Hall–Kier alpha value is -1.46. The fraction of sp³-hybridized carbons (Fsp3) is 0.0625. The summed E-state index contributed by atoms with van der Waals surface area (Å²) in [5, 5.41) is 1.73. The summed E-state index contributed by atoms with van der Waals surface area (Å²) in [5.41, 5.74) is 5.67. The van der Waals surface area contributed by atoms with Crippen molar-refractivity contribution in [1.29, 1.82) is 0 Å². The zero-order valence-corrected chi connectivity index (χ0v) is 13.4. The average Bonchev–Trinajstić information content (AvgIpc) is 2.50. The first-order valence-corrected chi connectivity index (χ1v) is 7.62. The van der Waals surface area contributed by atoms with Crippen LogP contribution in [0, 0.1) is 0 Å². The van der Waals surface area contributed by atoms with Crippen LogP contribution in [0.1, 0.15) is 17.2 Å². The third-order valence-corrected chi connectivity index (χ3v) is 4.21. The summed E-state index contributed by atoms with van der Waals surface area (Å²) < 4.78 is 0.934. The normalized spacial score (nSPS) is 12.5. The molecule has 0 bridgehead atoms. The molecular weight excluding hydrogens is 350 g/mol. The van der Waals surface area contributed by atoms with Crippen molar-refractivity contribution < 1.29 is 0 Å². The Morgan fingerprint density at radius 2 is 1.95 bits per heavy atom. The van der Waals surface area contributed by atoms with Gasteiger partial charge in [0.1, 0.15) is 0 Å². The minimum absolute atomic E-state index is 0.206. The second kappa shape index (κ2) is 6.12. The molecular formula is C16H13BrClN3. The predicted molar refractivity (Wildman–Crippen MR) is 90.1 cm³/mol. The number of rotatable bonds is 3. The largest absolute Gasteiger partial charge is 0.271 e. The summed E-state index contributed by atoms with van der Waals surface area (Å²) >= 11 is 9.73. The molecule has 0 saturated carbocycles. The molecule has 0 aliphatic carbocycles. The van der Waals surface area contributed by atoms with Crippen LogP contribution in [0.25, 0.3) is 10.9 Å². The highest BCUT2D eigenvalue weighted by Crippen LogP contribution is 2.30. The molecule has 0 aliphatic heterocycles. The van der Waals surface area contributed by atoms with Crippen molar-refractivity contribution in [3.05, 3.63) is 75.4 Å². The van der Waals surface area contributed by atoms with Crippen LogP contribution >= 0.6 is 27.5 Å². The van der Waals surface area contributed by atoms with E-state index >= 15 is 0 Å². The molecule has 5 heteroatoms. The Morgan fingerprint density at radius 3 is 2.71 bits per heavy atom. The van der Waals surface area contributed by atoms with Gasteiger partial charge in [-0.15, -0.1) is 0 Å². The second-order valence-electron chi connectivity index (χ2n) is 4.73. The van der Waals surface area contributed by atoms with E-state index < -0.39 is 0 Å². The van der Waals surface area contributed by atoms with E-state index in [1.54, 1.807) is 0 Å². The second-order valence-corrected chi connectivity index (χ2v) is 6.05. The maximum Gasteiger partial charge on any atom is 0.0739 e. The molecule has 0 aliphatic rings. The van der Waals surface area contributed by atoms with Crippen molar-refractivity contribution in [1.82, 2.24) is 10.4 Å². The van der Waals surface area contributed by atoms with Crippen LogP contribution in [0.2, 0.25) is 5.02 Å². The fourth-order valence-corrected chi connectivity index (χ4v) is 3.13. The number of hydrogen-bond donors (Lipinski definition) is 2. The third-order valence-electron chi connectivity index (χ3n) is 3.39. The fourth-order valence-electron chi connectivity index (χ4n) is 2.35. The van der Waals surface area contributed by atoms with Gasteiger partial charge in [-0.05, 0) is 35.4 Å². The minimum Gasteiger partial charge on any atom is -0.271 e. The van der Waals surface area contributed by atoms with Gasteiger partial charge in [-0.2, -0.15) is 0 Å². The Bertz CT molecular complexity index is 791. The third kappa shape index (κ3) is 2.94. The highest BCUT2D eigenvalue weighted by Gasteiger charge is 2.16. The molecule has 0 spiro atoms. The lowest BCUT2D eigenvalue weighted by Gasteiger charge is -2.18. The Morgan fingerprint density at radius 1 is 1.14 bits per heavy atom. The minimum atomic E-state index is -0.206. The van der Waals surface area contributed by atoms with Crippen molar-refractivity contribution in [2.75, 3.05) is 0 Å². The lowest BCUT2D eigenvalue weighted by molar-refractivity contribution is 0.636. The molecule has 3 rings (SSSR count). The number of para-hydroxylation sites is 1. The number of nitrogens with zero attached hydrogens (tertiary/aromatic N) is 1. The van der Waals surface area contributed by atoms with Crippen LogP contribution in [0.3, 0.4) is 0 Å². The van der Waals surface area contributed by atoms with Crippen LogP contribution in [-0.2, 0) is 0 Å². The summed E-state index contributed by atoms with van der Waals surface area (Å²) in [4.78, 5) is 4.47. The summed E-state index contributed by atoms with van der Waals surface area (Å²) in [6.07, 6.45) is 1.82. The number of hydrazine groups is 1. The molecule has 106 valence electrons. The zero-order valence-electron chi connectivity index (χ0n) is 11.1. The van der Waals surface area contributed by atoms with Gasteiger partial charge < -0.3 is 0 Å². The van der Waals surface area contributed by atoms with Gasteiger partial charge in [-0.25, -0.2) is 5.43 Å². The van der Waals surface area contributed by atoms with Crippen molar-refractivity contribution in [3.8, 4) is 0 Å². The molecule has 3 N–H and O–H groups in total. The number of nitrogens with one attached hydrogen (secondary N) is 1. The number of fused-ring (bicyclic) bond motifs is 1. The van der Waals surface area contributed by atoms with Crippen LogP contribution < -0.4 is 11.3 Å². The van der Waals surface area contributed by atoms with E-state index in [2.05, 4.69) is 32.4 Å². The SMILES string of the molecule is NNC(c1cnc2ccccc2c1)c1ccc(Br)cc1Cl. The van der Waals surface area contributed by atoms with E-state index in [1.165, 1.54) is 0 Å². The van der Waals surface area contributed by atoms with Gasteiger partial charge in [0.25, 0.3) is 0 Å². The molecule has 2 aromatic carbocycles. The molecule has 21 heavy (non-hydrogen) atoms. The summed E-state index contributed by atoms with van der Waals surface area (Å²) in [5.74, 6) is 5.74. The topological polar surface area (TPSA) is 50.9 Å². The monoisotopic (exact) mass is 361 g/mol. The molecule has 0 radical (unpaired) electrons.